The Hall–Kier alpha value is -3.68. The zero-order valence-electron chi connectivity index (χ0n) is 16.8. The van der Waals surface area contributed by atoms with Gasteiger partial charge in [0.2, 0.25) is 0 Å². The van der Waals surface area contributed by atoms with Gasteiger partial charge in [-0.3, -0.25) is 0 Å². The average Bonchev–Trinajstić information content (AvgIpc) is 3.23. The first-order chi connectivity index (χ1) is 14.8. The lowest BCUT2D eigenvalue weighted by Gasteiger charge is -2.36. The summed E-state index contributed by atoms with van der Waals surface area (Å²) in [4.78, 5) is 13.6. The summed E-state index contributed by atoms with van der Waals surface area (Å²) in [6.45, 7) is 4.15. The van der Waals surface area contributed by atoms with E-state index in [1.165, 1.54) is 5.69 Å². The molecule has 5 rings (SSSR count). The summed E-state index contributed by atoms with van der Waals surface area (Å²) in [5, 5.41) is 8.75. The summed E-state index contributed by atoms with van der Waals surface area (Å²) < 4.78 is 7.19. The van der Waals surface area contributed by atoms with Gasteiger partial charge in [0.1, 0.15) is 12.1 Å². The number of fused-ring (bicyclic) bond motifs is 1. The number of piperazine rings is 1. The standard InChI is InChI=1S/C22H23N7O/c1-30-19-9-5-8-18(14-19)27-10-12-28(13-11-27)21-20-22(24-16-23-21)29(26-25-20)15-17-6-3-2-4-7-17/h2-9,14,16H,10-13,15H2,1H3. The SMILES string of the molecule is COc1cccc(N2CCN(c3ncnc4c3nnn4Cc3ccccc3)CC2)c1. The Bertz CT molecular complexity index is 1140. The summed E-state index contributed by atoms with van der Waals surface area (Å²) >= 11 is 0. The van der Waals surface area contributed by atoms with Crippen LogP contribution in [0.5, 0.6) is 5.75 Å². The van der Waals surface area contributed by atoms with E-state index in [0.717, 1.165) is 54.5 Å². The van der Waals surface area contributed by atoms with Crippen molar-refractivity contribution in [2.45, 2.75) is 6.54 Å². The molecule has 3 heterocycles. The quantitative estimate of drug-likeness (QED) is 0.509. The van der Waals surface area contributed by atoms with E-state index in [2.05, 4.69) is 54.3 Å². The number of hydrogen-bond acceptors (Lipinski definition) is 7. The number of hydrogen-bond donors (Lipinski definition) is 0. The van der Waals surface area contributed by atoms with E-state index in [1.807, 2.05) is 35.0 Å². The molecule has 4 aromatic rings. The van der Waals surface area contributed by atoms with Gasteiger partial charge < -0.3 is 14.5 Å². The molecule has 2 aromatic heterocycles. The molecule has 0 unspecified atom stereocenters. The van der Waals surface area contributed by atoms with Gasteiger partial charge in [0.15, 0.2) is 17.0 Å². The third-order valence-corrected chi connectivity index (χ3v) is 5.45. The van der Waals surface area contributed by atoms with Gasteiger partial charge in [-0.25, -0.2) is 14.6 Å². The molecule has 30 heavy (non-hydrogen) atoms. The first kappa shape index (κ1) is 18.4. The lowest BCUT2D eigenvalue weighted by Crippen LogP contribution is -2.47. The van der Waals surface area contributed by atoms with Gasteiger partial charge in [-0.2, -0.15) is 0 Å². The van der Waals surface area contributed by atoms with Crippen molar-refractivity contribution in [2.75, 3.05) is 43.1 Å². The topological polar surface area (TPSA) is 72.2 Å². The molecular formula is C22H23N7O. The third-order valence-electron chi connectivity index (χ3n) is 5.45. The van der Waals surface area contributed by atoms with Crippen LogP contribution in [0, 0.1) is 0 Å². The minimum Gasteiger partial charge on any atom is -0.497 e. The summed E-state index contributed by atoms with van der Waals surface area (Å²) in [6.07, 6.45) is 1.61. The molecule has 8 heteroatoms. The van der Waals surface area contributed by atoms with Crippen LogP contribution in [-0.2, 0) is 6.54 Å². The van der Waals surface area contributed by atoms with Gasteiger partial charge in [0.05, 0.1) is 13.7 Å². The maximum Gasteiger partial charge on any atom is 0.184 e. The van der Waals surface area contributed by atoms with Crippen LogP contribution >= 0.6 is 0 Å². The molecule has 1 fully saturated rings. The van der Waals surface area contributed by atoms with Crippen molar-refractivity contribution in [1.82, 2.24) is 25.0 Å². The van der Waals surface area contributed by atoms with Gasteiger partial charge in [0.25, 0.3) is 0 Å². The highest BCUT2D eigenvalue weighted by molar-refractivity contribution is 5.82. The number of benzene rings is 2. The van der Waals surface area contributed by atoms with Crippen LogP contribution in [0.15, 0.2) is 60.9 Å². The monoisotopic (exact) mass is 401 g/mol. The lowest BCUT2D eigenvalue weighted by atomic mass is 10.2. The Morgan fingerprint density at radius 1 is 0.900 bits per heavy atom. The predicted octanol–water partition coefficient (Wildman–Crippen LogP) is 2.60. The molecule has 0 bridgehead atoms. The van der Waals surface area contributed by atoms with Crippen molar-refractivity contribution < 1.29 is 4.74 Å². The number of aromatic nitrogens is 5. The number of anilines is 2. The van der Waals surface area contributed by atoms with Crippen LogP contribution in [-0.4, -0.2) is 58.3 Å². The first-order valence-electron chi connectivity index (χ1n) is 10.0. The van der Waals surface area contributed by atoms with Gasteiger partial charge in [-0.1, -0.05) is 41.6 Å². The summed E-state index contributed by atoms with van der Waals surface area (Å²) in [5.74, 6) is 1.73. The van der Waals surface area contributed by atoms with Crippen molar-refractivity contribution in [3.05, 3.63) is 66.5 Å². The van der Waals surface area contributed by atoms with E-state index < -0.39 is 0 Å². The van der Waals surface area contributed by atoms with E-state index in [9.17, 15) is 0 Å². The molecule has 0 radical (unpaired) electrons. The minimum absolute atomic E-state index is 0.636. The largest absolute Gasteiger partial charge is 0.497 e. The Morgan fingerprint density at radius 3 is 2.50 bits per heavy atom. The fourth-order valence-electron chi connectivity index (χ4n) is 3.86. The normalized spacial score (nSPS) is 14.3. The average molecular weight is 401 g/mol. The summed E-state index contributed by atoms with van der Waals surface area (Å²) in [7, 11) is 1.70. The second-order valence-electron chi connectivity index (χ2n) is 7.28. The maximum atomic E-state index is 5.36. The first-order valence-corrected chi connectivity index (χ1v) is 10.0. The van der Waals surface area contributed by atoms with E-state index in [0.29, 0.717) is 6.54 Å². The highest BCUT2D eigenvalue weighted by Crippen LogP contribution is 2.25. The van der Waals surface area contributed by atoms with E-state index in [-0.39, 0.29) is 0 Å². The van der Waals surface area contributed by atoms with Crippen molar-refractivity contribution in [3.63, 3.8) is 0 Å². The van der Waals surface area contributed by atoms with Gasteiger partial charge in [0, 0.05) is 37.9 Å². The van der Waals surface area contributed by atoms with Crippen LogP contribution in [0.25, 0.3) is 11.2 Å². The van der Waals surface area contributed by atoms with Crippen LogP contribution in [0.3, 0.4) is 0 Å². The molecule has 0 amide bonds. The third kappa shape index (κ3) is 3.52. The number of ether oxygens (including phenoxy) is 1. The second kappa shape index (κ2) is 7.98. The molecule has 1 saturated heterocycles. The molecular weight excluding hydrogens is 378 g/mol. The van der Waals surface area contributed by atoms with Crippen LogP contribution in [0.2, 0.25) is 0 Å². The Labute approximate surface area is 174 Å². The summed E-state index contributed by atoms with van der Waals surface area (Å²) in [6, 6.07) is 18.4. The molecule has 152 valence electrons. The number of nitrogens with zero attached hydrogens (tertiary/aromatic N) is 7. The number of rotatable bonds is 5. The summed E-state index contributed by atoms with van der Waals surface area (Å²) in [5.41, 5.74) is 3.86. The molecule has 0 spiro atoms. The molecule has 1 aliphatic heterocycles. The van der Waals surface area contributed by atoms with Crippen LogP contribution in [0.4, 0.5) is 11.5 Å². The van der Waals surface area contributed by atoms with Gasteiger partial charge in [-0.05, 0) is 17.7 Å². The van der Waals surface area contributed by atoms with E-state index in [1.54, 1.807) is 13.4 Å². The smallest absolute Gasteiger partial charge is 0.184 e. The molecule has 8 nitrogen and oxygen atoms in total. The fourth-order valence-corrected chi connectivity index (χ4v) is 3.86. The highest BCUT2D eigenvalue weighted by atomic mass is 16.5. The highest BCUT2D eigenvalue weighted by Gasteiger charge is 2.22. The zero-order valence-corrected chi connectivity index (χ0v) is 16.8. The fraction of sp³-hybridized carbons (Fsp3) is 0.273. The molecule has 0 atom stereocenters. The maximum absolute atomic E-state index is 5.36. The van der Waals surface area contributed by atoms with E-state index in [4.69, 9.17) is 4.74 Å². The van der Waals surface area contributed by atoms with Crippen molar-refractivity contribution in [1.29, 1.82) is 0 Å². The van der Waals surface area contributed by atoms with Gasteiger partial charge >= 0.3 is 0 Å². The van der Waals surface area contributed by atoms with Crippen molar-refractivity contribution >= 4 is 22.7 Å². The van der Waals surface area contributed by atoms with Crippen molar-refractivity contribution in [2.24, 2.45) is 0 Å². The Morgan fingerprint density at radius 2 is 1.70 bits per heavy atom. The van der Waals surface area contributed by atoms with E-state index >= 15 is 0 Å². The Balaban J connectivity index is 1.34. The predicted molar refractivity (Wildman–Crippen MR) is 116 cm³/mol. The minimum atomic E-state index is 0.636. The lowest BCUT2D eigenvalue weighted by molar-refractivity contribution is 0.414. The molecule has 1 aliphatic rings. The molecule has 2 aromatic carbocycles. The van der Waals surface area contributed by atoms with Crippen LogP contribution in [0.1, 0.15) is 5.56 Å². The molecule has 0 saturated carbocycles. The molecule has 0 aliphatic carbocycles. The van der Waals surface area contributed by atoms with Crippen LogP contribution < -0.4 is 14.5 Å². The number of methoxy groups -OCH3 is 1. The molecule has 0 N–H and O–H groups in total. The van der Waals surface area contributed by atoms with Crippen molar-refractivity contribution in [3.8, 4) is 5.75 Å². The second-order valence-corrected chi connectivity index (χ2v) is 7.28. The zero-order chi connectivity index (χ0) is 20.3. The Kier molecular flexibility index (Phi) is 4.88. The van der Waals surface area contributed by atoms with Gasteiger partial charge in [-0.15, -0.1) is 5.10 Å².